The van der Waals surface area contributed by atoms with Crippen molar-refractivity contribution in [1.29, 1.82) is 0 Å². The number of hydrogen-bond acceptors (Lipinski definition) is 4. The number of rotatable bonds is 3. The molecule has 1 saturated carbocycles. The Morgan fingerprint density at radius 3 is 2.67 bits per heavy atom. The Hall–Kier alpha value is -0.750. The van der Waals surface area contributed by atoms with Crippen LogP contribution >= 0.6 is 23.1 Å². The van der Waals surface area contributed by atoms with E-state index in [4.69, 9.17) is 0 Å². The second-order valence-corrected chi connectivity index (χ2v) is 8.99. The van der Waals surface area contributed by atoms with Crippen LogP contribution in [-0.2, 0) is 0 Å². The van der Waals surface area contributed by atoms with E-state index in [0.717, 1.165) is 18.8 Å². The largest absolute Gasteiger partial charge is 0.330 e. The Morgan fingerprint density at radius 2 is 2.05 bits per heavy atom. The summed E-state index contributed by atoms with van der Waals surface area (Å²) in [5.41, 5.74) is 1.00. The molecule has 0 radical (unpaired) electrons. The minimum atomic E-state index is -0.0126. The molecule has 21 heavy (non-hydrogen) atoms. The first-order chi connectivity index (χ1) is 10.0. The third kappa shape index (κ3) is 3.72. The molecule has 1 saturated heterocycles. The normalized spacial score (nSPS) is 27.5. The molecule has 3 atom stereocenters. The first kappa shape index (κ1) is 15.2. The topological polar surface area (TPSA) is 45.2 Å². The lowest BCUT2D eigenvalue weighted by Gasteiger charge is -2.35. The fourth-order valence-corrected chi connectivity index (χ4v) is 5.12. The van der Waals surface area contributed by atoms with Crippen molar-refractivity contribution in [2.24, 2.45) is 0 Å². The van der Waals surface area contributed by atoms with Crippen LogP contribution in [0.3, 0.4) is 0 Å². The summed E-state index contributed by atoms with van der Waals surface area (Å²) in [6.45, 7) is 8.06. The van der Waals surface area contributed by atoms with Crippen LogP contribution in [0.25, 0.3) is 0 Å². The number of amides is 2. The molecule has 2 aliphatic rings. The highest BCUT2D eigenvalue weighted by atomic mass is 32.2. The first-order valence-corrected chi connectivity index (χ1v) is 9.51. The molecular formula is C15H23N3OS2. The molecule has 1 N–H and O–H groups in total. The zero-order valence-corrected chi connectivity index (χ0v) is 14.5. The van der Waals surface area contributed by atoms with Crippen molar-refractivity contribution >= 4 is 29.1 Å². The van der Waals surface area contributed by atoms with Gasteiger partial charge in [0.1, 0.15) is 0 Å². The highest BCUT2D eigenvalue weighted by Gasteiger charge is 2.29. The van der Waals surface area contributed by atoms with Crippen molar-refractivity contribution in [3.05, 3.63) is 16.1 Å². The summed E-state index contributed by atoms with van der Waals surface area (Å²) >= 11 is 3.69. The summed E-state index contributed by atoms with van der Waals surface area (Å²) in [6, 6.07) is 0.0314. The zero-order chi connectivity index (χ0) is 15.0. The van der Waals surface area contributed by atoms with Crippen LogP contribution in [0, 0.1) is 0 Å². The van der Waals surface area contributed by atoms with E-state index < -0.39 is 0 Å². The van der Waals surface area contributed by atoms with E-state index in [9.17, 15) is 4.79 Å². The lowest BCUT2D eigenvalue weighted by atomic mass is 10.2. The van der Waals surface area contributed by atoms with Crippen LogP contribution in [0.5, 0.6) is 0 Å². The van der Waals surface area contributed by atoms with Gasteiger partial charge in [0.15, 0.2) is 0 Å². The maximum absolute atomic E-state index is 12.4. The van der Waals surface area contributed by atoms with E-state index in [2.05, 4.69) is 29.5 Å². The Bertz CT molecular complexity index is 505. The van der Waals surface area contributed by atoms with Crippen molar-refractivity contribution in [2.75, 3.05) is 13.1 Å². The monoisotopic (exact) mass is 325 g/mol. The lowest BCUT2D eigenvalue weighted by molar-refractivity contribution is 0.193. The minimum absolute atomic E-state index is 0.0126. The molecule has 116 valence electrons. The van der Waals surface area contributed by atoms with Gasteiger partial charge in [-0.3, -0.25) is 0 Å². The number of carbonyl (C=O) groups is 1. The summed E-state index contributed by atoms with van der Waals surface area (Å²) in [7, 11) is 0. The quantitative estimate of drug-likeness (QED) is 0.923. The predicted octanol–water partition coefficient (Wildman–Crippen LogP) is 3.62. The Labute approximate surface area is 134 Å². The van der Waals surface area contributed by atoms with Gasteiger partial charge in [0.25, 0.3) is 0 Å². The number of carbonyl (C=O) groups excluding carboxylic acids is 1. The van der Waals surface area contributed by atoms with E-state index in [1.807, 2.05) is 23.6 Å². The molecule has 2 heterocycles. The van der Waals surface area contributed by atoms with Crippen LogP contribution in [0.2, 0.25) is 0 Å². The van der Waals surface area contributed by atoms with E-state index in [0.29, 0.717) is 16.4 Å². The third-order valence-corrected chi connectivity index (χ3v) is 6.21. The second-order valence-electron chi connectivity index (χ2n) is 6.22. The Kier molecular flexibility index (Phi) is 4.45. The van der Waals surface area contributed by atoms with E-state index >= 15 is 0 Å². The Balaban J connectivity index is 1.57. The van der Waals surface area contributed by atoms with Gasteiger partial charge in [-0.25, -0.2) is 9.78 Å². The van der Waals surface area contributed by atoms with Crippen molar-refractivity contribution in [3.8, 4) is 0 Å². The van der Waals surface area contributed by atoms with Gasteiger partial charge in [-0.2, -0.15) is 11.8 Å². The highest BCUT2D eigenvalue weighted by molar-refractivity contribution is 8.00. The van der Waals surface area contributed by atoms with Gasteiger partial charge in [-0.05, 0) is 19.8 Å². The van der Waals surface area contributed by atoms with Gasteiger partial charge >= 0.3 is 6.03 Å². The number of thioether (sulfide) groups is 1. The molecule has 6 heteroatoms. The smallest absolute Gasteiger partial charge is 0.317 e. The molecule has 2 fully saturated rings. The molecule has 1 aromatic heterocycles. The van der Waals surface area contributed by atoms with Gasteiger partial charge in [-0.15, -0.1) is 11.3 Å². The van der Waals surface area contributed by atoms with E-state index in [1.54, 1.807) is 11.3 Å². The summed E-state index contributed by atoms with van der Waals surface area (Å²) in [5.74, 6) is 0.687. The molecular weight excluding hydrogens is 302 g/mol. The maximum Gasteiger partial charge on any atom is 0.317 e. The molecule has 0 unspecified atom stereocenters. The van der Waals surface area contributed by atoms with Gasteiger partial charge in [0.2, 0.25) is 0 Å². The van der Waals surface area contributed by atoms with Crippen LogP contribution < -0.4 is 5.32 Å². The average molecular weight is 326 g/mol. The second kappa shape index (κ2) is 6.16. The van der Waals surface area contributed by atoms with Crippen LogP contribution in [0.4, 0.5) is 4.79 Å². The molecule has 1 aromatic rings. The van der Waals surface area contributed by atoms with E-state index in [1.165, 1.54) is 17.8 Å². The van der Waals surface area contributed by atoms with Crippen LogP contribution in [0.15, 0.2) is 5.38 Å². The Morgan fingerprint density at radius 1 is 1.38 bits per heavy atom. The SMILES string of the molecule is C[C@@H]1CN(C(=O)N[C@@H](C)c2csc(C3CC3)n2)C[C@H](C)S1. The summed E-state index contributed by atoms with van der Waals surface area (Å²) < 4.78 is 0. The summed E-state index contributed by atoms with van der Waals surface area (Å²) in [4.78, 5) is 19.0. The van der Waals surface area contributed by atoms with E-state index in [-0.39, 0.29) is 12.1 Å². The van der Waals surface area contributed by atoms with Crippen molar-refractivity contribution < 1.29 is 4.79 Å². The lowest BCUT2D eigenvalue weighted by Crippen LogP contribution is -2.49. The standard InChI is InChI=1S/C15H23N3OS2/c1-9-6-18(7-10(2)21-9)15(19)16-11(3)13-8-20-14(17-13)12-4-5-12/h8-12H,4-7H2,1-3H3,(H,16,19)/t9-,10+,11-/m0/s1. The predicted molar refractivity (Wildman–Crippen MR) is 89.1 cm³/mol. The van der Waals surface area contributed by atoms with Gasteiger partial charge in [0, 0.05) is 34.9 Å². The molecule has 2 amide bonds. The number of hydrogen-bond donors (Lipinski definition) is 1. The summed E-state index contributed by atoms with van der Waals surface area (Å²) in [5, 5.41) is 7.45. The first-order valence-electron chi connectivity index (χ1n) is 7.69. The molecule has 0 bridgehead atoms. The van der Waals surface area contributed by atoms with Crippen molar-refractivity contribution in [1.82, 2.24) is 15.2 Å². The molecule has 1 aliphatic carbocycles. The van der Waals surface area contributed by atoms with Crippen LogP contribution in [-0.4, -0.2) is 39.5 Å². The zero-order valence-electron chi connectivity index (χ0n) is 12.8. The molecule has 0 spiro atoms. The fourth-order valence-electron chi connectivity index (χ4n) is 2.71. The summed E-state index contributed by atoms with van der Waals surface area (Å²) in [6.07, 6.45) is 2.55. The molecule has 4 nitrogen and oxygen atoms in total. The van der Waals surface area contributed by atoms with Gasteiger partial charge < -0.3 is 10.2 Å². The fraction of sp³-hybridized carbons (Fsp3) is 0.733. The highest BCUT2D eigenvalue weighted by Crippen LogP contribution is 2.41. The van der Waals surface area contributed by atoms with Crippen molar-refractivity contribution in [2.45, 2.75) is 56.1 Å². The third-order valence-electron chi connectivity index (χ3n) is 3.96. The van der Waals surface area contributed by atoms with Gasteiger partial charge in [-0.1, -0.05) is 13.8 Å². The number of aromatic nitrogens is 1. The van der Waals surface area contributed by atoms with Gasteiger partial charge in [0.05, 0.1) is 16.7 Å². The molecule has 0 aromatic carbocycles. The van der Waals surface area contributed by atoms with Crippen molar-refractivity contribution in [3.63, 3.8) is 0 Å². The maximum atomic E-state index is 12.4. The number of nitrogens with zero attached hydrogens (tertiary/aromatic N) is 2. The number of nitrogens with one attached hydrogen (secondary N) is 1. The average Bonchev–Trinajstić information content (AvgIpc) is 3.15. The molecule has 1 aliphatic heterocycles. The number of urea groups is 1. The molecule has 3 rings (SSSR count). The number of thiazole rings is 1. The minimum Gasteiger partial charge on any atom is -0.330 e. The van der Waals surface area contributed by atoms with Crippen LogP contribution in [0.1, 0.15) is 56.3 Å².